The first kappa shape index (κ1) is 22.7. The van der Waals surface area contributed by atoms with E-state index in [9.17, 15) is 0 Å². The molecule has 2 nitrogen and oxygen atoms in total. The summed E-state index contributed by atoms with van der Waals surface area (Å²) in [5.41, 5.74) is 12.7. The van der Waals surface area contributed by atoms with Crippen molar-refractivity contribution in [2.24, 2.45) is 0 Å². The minimum absolute atomic E-state index is 0.0564. The van der Waals surface area contributed by atoms with Crippen LogP contribution in [0.25, 0.3) is 66.1 Å². The second-order valence-electron chi connectivity index (χ2n) is 11.8. The van der Waals surface area contributed by atoms with E-state index in [0.29, 0.717) is 0 Å². The highest BCUT2D eigenvalue weighted by Crippen LogP contribution is 2.48. The average molecular weight is 525 g/mol. The molecule has 0 fully saturated rings. The summed E-state index contributed by atoms with van der Waals surface area (Å²) in [7, 11) is 0. The largest absolute Gasteiger partial charge is 0.309 e. The molecule has 0 aliphatic carbocycles. The van der Waals surface area contributed by atoms with Gasteiger partial charge >= 0.3 is 0 Å². The van der Waals surface area contributed by atoms with E-state index in [2.05, 4.69) is 156 Å². The maximum absolute atomic E-state index is 2.49. The molecular formula is C39H28N2. The zero-order valence-corrected chi connectivity index (χ0v) is 23.1. The van der Waals surface area contributed by atoms with Crippen LogP contribution in [-0.2, 0) is 5.41 Å². The van der Waals surface area contributed by atoms with Crippen LogP contribution in [-0.4, -0.2) is 9.13 Å². The van der Waals surface area contributed by atoms with Gasteiger partial charge in [-0.3, -0.25) is 0 Å². The number of aromatic nitrogens is 2. The van der Waals surface area contributed by atoms with Crippen molar-refractivity contribution in [1.29, 1.82) is 0 Å². The number of rotatable bonds is 2. The number of nitrogens with zero attached hydrogens (tertiary/aromatic N) is 2. The van der Waals surface area contributed by atoms with Crippen molar-refractivity contribution < 1.29 is 0 Å². The summed E-state index contributed by atoms with van der Waals surface area (Å²) in [4.78, 5) is 0. The van der Waals surface area contributed by atoms with Crippen molar-refractivity contribution in [3.8, 4) is 22.5 Å². The number of para-hydroxylation sites is 4. The van der Waals surface area contributed by atoms with Gasteiger partial charge in [-0.1, -0.05) is 105 Å². The molecule has 41 heavy (non-hydrogen) atoms. The fourth-order valence-corrected chi connectivity index (χ4v) is 7.35. The molecule has 2 aromatic heterocycles. The van der Waals surface area contributed by atoms with Gasteiger partial charge in [-0.25, -0.2) is 0 Å². The summed E-state index contributed by atoms with van der Waals surface area (Å²) >= 11 is 0. The van der Waals surface area contributed by atoms with Crippen molar-refractivity contribution in [2.75, 3.05) is 0 Å². The predicted molar refractivity (Wildman–Crippen MR) is 173 cm³/mol. The molecule has 9 rings (SSSR count). The Balaban J connectivity index is 1.32. The van der Waals surface area contributed by atoms with Crippen LogP contribution in [0.5, 0.6) is 0 Å². The molecule has 6 aromatic carbocycles. The summed E-state index contributed by atoms with van der Waals surface area (Å²) in [6.07, 6.45) is 0. The number of fused-ring (bicyclic) bond motifs is 8. The van der Waals surface area contributed by atoms with Crippen LogP contribution in [0, 0.1) is 0 Å². The monoisotopic (exact) mass is 524 g/mol. The van der Waals surface area contributed by atoms with E-state index >= 15 is 0 Å². The molecule has 0 saturated heterocycles. The van der Waals surface area contributed by atoms with Crippen LogP contribution in [0.1, 0.15) is 25.0 Å². The summed E-state index contributed by atoms with van der Waals surface area (Å²) in [5.74, 6) is 0. The normalized spacial score (nSPS) is 13.8. The first-order valence-electron chi connectivity index (χ1n) is 14.4. The zero-order chi connectivity index (χ0) is 27.3. The van der Waals surface area contributed by atoms with Crippen molar-refractivity contribution in [3.05, 3.63) is 145 Å². The van der Waals surface area contributed by atoms with E-state index in [1.54, 1.807) is 0 Å². The molecule has 0 bridgehead atoms. The summed E-state index contributed by atoms with van der Waals surface area (Å²) < 4.78 is 4.88. The Kier molecular flexibility index (Phi) is 4.42. The van der Waals surface area contributed by atoms with E-state index in [1.165, 1.54) is 77.2 Å². The highest BCUT2D eigenvalue weighted by Gasteiger charge is 2.34. The Hall–Kier alpha value is -5.08. The Morgan fingerprint density at radius 1 is 0.439 bits per heavy atom. The van der Waals surface area contributed by atoms with Gasteiger partial charge in [0.15, 0.2) is 0 Å². The van der Waals surface area contributed by atoms with Gasteiger partial charge in [0.05, 0.1) is 27.8 Å². The lowest BCUT2D eigenvalue weighted by molar-refractivity contribution is 0.630. The molecule has 0 radical (unpaired) electrons. The molecule has 8 aromatic rings. The maximum atomic E-state index is 2.49. The van der Waals surface area contributed by atoms with E-state index < -0.39 is 0 Å². The molecule has 1 aliphatic heterocycles. The minimum Gasteiger partial charge on any atom is -0.309 e. The van der Waals surface area contributed by atoms with Gasteiger partial charge in [0.2, 0.25) is 0 Å². The molecule has 1 aliphatic rings. The molecule has 3 heterocycles. The van der Waals surface area contributed by atoms with Crippen molar-refractivity contribution in [2.45, 2.75) is 19.3 Å². The SMILES string of the molecule is CC1(C)c2ccccc2-n2c3ccc(-c4ccc5c6ccccc6n(-c6ccccc6)c5c4)cc3c3cccc1c32. The van der Waals surface area contributed by atoms with Crippen LogP contribution < -0.4 is 0 Å². The van der Waals surface area contributed by atoms with E-state index in [-0.39, 0.29) is 5.41 Å². The van der Waals surface area contributed by atoms with E-state index in [1.807, 2.05) is 0 Å². The van der Waals surface area contributed by atoms with Gasteiger partial charge in [0.25, 0.3) is 0 Å². The first-order valence-corrected chi connectivity index (χ1v) is 14.4. The van der Waals surface area contributed by atoms with Crippen LogP contribution in [0.15, 0.2) is 133 Å². The Morgan fingerprint density at radius 3 is 2.00 bits per heavy atom. The fourth-order valence-electron chi connectivity index (χ4n) is 7.35. The lowest BCUT2D eigenvalue weighted by Gasteiger charge is -2.34. The molecule has 0 saturated carbocycles. The Morgan fingerprint density at radius 2 is 1.10 bits per heavy atom. The molecule has 194 valence electrons. The highest BCUT2D eigenvalue weighted by molar-refractivity contribution is 6.13. The molecular weight excluding hydrogens is 496 g/mol. The van der Waals surface area contributed by atoms with Crippen molar-refractivity contribution in [3.63, 3.8) is 0 Å². The van der Waals surface area contributed by atoms with E-state index in [0.717, 1.165) is 0 Å². The molecule has 0 spiro atoms. The zero-order valence-electron chi connectivity index (χ0n) is 23.1. The first-order chi connectivity index (χ1) is 20.1. The molecule has 0 amide bonds. The molecule has 0 N–H and O–H groups in total. The van der Waals surface area contributed by atoms with Crippen LogP contribution >= 0.6 is 0 Å². The second kappa shape index (κ2) is 7.99. The van der Waals surface area contributed by atoms with Crippen molar-refractivity contribution >= 4 is 43.6 Å². The topological polar surface area (TPSA) is 9.86 Å². The number of hydrogen-bond donors (Lipinski definition) is 0. The summed E-state index contributed by atoms with van der Waals surface area (Å²) in [5, 5.41) is 5.18. The number of benzene rings is 6. The standard InChI is InChI=1S/C39H28N2/c1-39(2)32-15-7-9-18-36(32)41-35-22-20-25(23-31(35)30-14-10-16-33(39)38(30)41)26-19-21-29-28-13-6-8-17-34(28)40(37(29)24-26)27-11-4-3-5-12-27/h3-24H,1-2H3. The second-order valence-corrected chi connectivity index (χ2v) is 11.8. The third-order valence-corrected chi connectivity index (χ3v) is 9.30. The lowest BCUT2D eigenvalue weighted by Crippen LogP contribution is -2.26. The Bertz CT molecular complexity index is 2330. The molecule has 0 atom stereocenters. The Labute approximate surface area is 238 Å². The smallest absolute Gasteiger partial charge is 0.0582 e. The minimum atomic E-state index is -0.0564. The van der Waals surface area contributed by atoms with Gasteiger partial charge in [0.1, 0.15) is 0 Å². The third-order valence-electron chi connectivity index (χ3n) is 9.30. The van der Waals surface area contributed by atoms with Crippen molar-refractivity contribution in [1.82, 2.24) is 9.13 Å². The lowest BCUT2D eigenvalue weighted by atomic mass is 9.75. The van der Waals surface area contributed by atoms with Crippen LogP contribution in [0.4, 0.5) is 0 Å². The van der Waals surface area contributed by atoms with Gasteiger partial charge in [-0.2, -0.15) is 0 Å². The summed E-state index contributed by atoms with van der Waals surface area (Å²) in [6.45, 7) is 4.71. The van der Waals surface area contributed by atoms with Crippen LogP contribution in [0.3, 0.4) is 0 Å². The van der Waals surface area contributed by atoms with Gasteiger partial charge < -0.3 is 9.13 Å². The molecule has 2 heteroatoms. The molecule has 0 unspecified atom stereocenters. The number of hydrogen-bond acceptors (Lipinski definition) is 0. The average Bonchev–Trinajstić information content (AvgIpc) is 3.53. The maximum Gasteiger partial charge on any atom is 0.0582 e. The highest BCUT2D eigenvalue weighted by atomic mass is 15.0. The quantitative estimate of drug-likeness (QED) is 0.213. The summed E-state index contributed by atoms with van der Waals surface area (Å²) in [6, 6.07) is 49.1. The fraction of sp³-hybridized carbons (Fsp3) is 0.0769. The van der Waals surface area contributed by atoms with E-state index in [4.69, 9.17) is 0 Å². The predicted octanol–water partition coefficient (Wildman–Crippen LogP) is 10.2. The third kappa shape index (κ3) is 2.97. The van der Waals surface area contributed by atoms with Gasteiger partial charge in [-0.15, -0.1) is 0 Å². The van der Waals surface area contributed by atoms with Crippen LogP contribution in [0.2, 0.25) is 0 Å². The van der Waals surface area contributed by atoms with Gasteiger partial charge in [0, 0.05) is 32.6 Å². The van der Waals surface area contributed by atoms with Gasteiger partial charge in [-0.05, 0) is 64.7 Å².